The molecule has 0 aliphatic carbocycles. The molecule has 0 spiro atoms. The van der Waals surface area contributed by atoms with Crippen LogP contribution in [-0.4, -0.2) is 22.4 Å². The van der Waals surface area contributed by atoms with E-state index >= 15 is 0 Å². The number of carbonyl (C=O) groups excluding carboxylic acids is 1. The first-order valence-electron chi connectivity index (χ1n) is 4.07. The van der Waals surface area contributed by atoms with E-state index in [1.54, 1.807) is 23.9 Å². The summed E-state index contributed by atoms with van der Waals surface area (Å²) in [5.41, 5.74) is 0.869. The summed E-state index contributed by atoms with van der Waals surface area (Å²) < 4.78 is 6.40. The van der Waals surface area contributed by atoms with Gasteiger partial charge in [-0.25, -0.2) is 4.79 Å². The molecular formula is C9H12N2O2. The monoisotopic (exact) mass is 180 g/mol. The summed E-state index contributed by atoms with van der Waals surface area (Å²) in [4.78, 5) is 10.9. The molecule has 0 atom stereocenters. The minimum absolute atomic E-state index is 0.330. The fourth-order valence-corrected chi connectivity index (χ4v) is 0.891. The van der Waals surface area contributed by atoms with Gasteiger partial charge in [-0.15, -0.1) is 0 Å². The molecule has 0 fully saturated rings. The number of hydrogen-bond acceptors (Lipinski definition) is 3. The van der Waals surface area contributed by atoms with Crippen LogP contribution in [0.15, 0.2) is 18.3 Å². The SMILES string of the molecule is CCOC(=O)/C=C/c1ccnn1C. The van der Waals surface area contributed by atoms with Crippen LogP contribution in [0.1, 0.15) is 12.6 Å². The van der Waals surface area contributed by atoms with Crippen LogP contribution in [-0.2, 0) is 16.6 Å². The number of hydrogen-bond donors (Lipinski definition) is 0. The van der Waals surface area contributed by atoms with Gasteiger partial charge in [-0.05, 0) is 19.1 Å². The number of nitrogens with zero attached hydrogens (tertiary/aromatic N) is 2. The third-order valence-corrected chi connectivity index (χ3v) is 1.54. The molecule has 0 aromatic carbocycles. The topological polar surface area (TPSA) is 44.1 Å². The zero-order chi connectivity index (χ0) is 9.68. The Bertz CT molecular complexity index is 315. The lowest BCUT2D eigenvalue weighted by atomic mass is 10.4. The Hall–Kier alpha value is -1.58. The first kappa shape index (κ1) is 9.51. The van der Waals surface area contributed by atoms with Gasteiger partial charge in [0.1, 0.15) is 0 Å². The van der Waals surface area contributed by atoms with Crippen LogP contribution in [0.25, 0.3) is 6.08 Å². The average molecular weight is 180 g/mol. The van der Waals surface area contributed by atoms with Gasteiger partial charge in [-0.1, -0.05) is 0 Å². The number of esters is 1. The van der Waals surface area contributed by atoms with Gasteiger partial charge in [0, 0.05) is 19.3 Å². The van der Waals surface area contributed by atoms with Gasteiger partial charge in [0.2, 0.25) is 0 Å². The maximum Gasteiger partial charge on any atom is 0.330 e. The van der Waals surface area contributed by atoms with E-state index in [1.165, 1.54) is 6.08 Å². The second-order valence-corrected chi connectivity index (χ2v) is 2.47. The minimum Gasteiger partial charge on any atom is -0.463 e. The predicted molar refractivity (Wildman–Crippen MR) is 48.9 cm³/mol. The van der Waals surface area contributed by atoms with Crippen molar-refractivity contribution in [3.05, 3.63) is 24.0 Å². The molecule has 0 saturated carbocycles. The van der Waals surface area contributed by atoms with Crippen molar-refractivity contribution in [1.82, 2.24) is 9.78 Å². The highest BCUT2D eigenvalue weighted by Crippen LogP contribution is 1.99. The van der Waals surface area contributed by atoms with Gasteiger partial charge < -0.3 is 4.74 Å². The minimum atomic E-state index is -0.330. The van der Waals surface area contributed by atoms with Crippen molar-refractivity contribution < 1.29 is 9.53 Å². The highest BCUT2D eigenvalue weighted by molar-refractivity contribution is 5.86. The van der Waals surface area contributed by atoms with E-state index < -0.39 is 0 Å². The van der Waals surface area contributed by atoms with Crippen molar-refractivity contribution in [3.8, 4) is 0 Å². The van der Waals surface area contributed by atoms with Crippen LogP contribution in [0.5, 0.6) is 0 Å². The highest BCUT2D eigenvalue weighted by atomic mass is 16.5. The predicted octanol–water partition coefficient (Wildman–Crippen LogP) is 0.996. The molecule has 1 aromatic heterocycles. The Morgan fingerprint density at radius 3 is 3.08 bits per heavy atom. The van der Waals surface area contributed by atoms with Gasteiger partial charge in [0.25, 0.3) is 0 Å². The van der Waals surface area contributed by atoms with Crippen LogP contribution < -0.4 is 0 Å². The second-order valence-electron chi connectivity index (χ2n) is 2.47. The van der Waals surface area contributed by atoms with Crippen LogP contribution in [0.4, 0.5) is 0 Å². The van der Waals surface area contributed by atoms with E-state index in [9.17, 15) is 4.79 Å². The zero-order valence-electron chi connectivity index (χ0n) is 7.73. The Kier molecular flexibility index (Phi) is 3.25. The van der Waals surface area contributed by atoms with Crippen molar-refractivity contribution >= 4 is 12.0 Å². The molecule has 0 bridgehead atoms. The molecule has 4 nitrogen and oxygen atoms in total. The summed E-state index contributed by atoms with van der Waals surface area (Å²) >= 11 is 0. The maximum atomic E-state index is 10.9. The van der Waals surface area contributed by atoms with Gasteiger partial charge in [0.05, 0.1) is 12.3 Å². The Labute approximate surface area is 76.8 Å². The van der Waals surface area contributed by atoms with E-state index in [1.807, 2.05) is 13.1 Å². The van der Waals surface area contributed by atoms with Gasteiger partial charge in [-0.3, -0.25) is 4.68 Å². The number of aryl methyl sites for hydroxylation is 1. The standard InChI is InChI=1S/C9H12N2O2/c1-3-13-9(12)5-4-8-6-7-10-11(8)2/h4-7H,3H2,1-2H3/b5-4+. The largest absolute Gasteiger partial charge is 0.463 e. The first-order valence-corrected chi connectivity index (χ1v) is 4.07. The van der Waals surface area contributed by atoms with Gasteiger partial charge in [-0.2, -0.15) is 5.10 Å². The third kappa shape index (κ3) is 2.74. The van der Waals surface area contributed by atoms with E-state index in [0.29, 0.717) is 6.61 Å². The molecule has 0 N–H and O–H groups in total. The molecule has 0 saturated heterocycles. The molecule has 0 aliphatic rings. The quantitative estimate of drug-likeness (QED) is 0.514. The lowest BCUT2D eigenvalue weighted by molar-refractivity contribution is -0.137. The van der Waals surface area contributed by atoms with Crippen molar-refractivity contribution in [2.24, 2.45) is 7.05 Å². The lowest BCUT2D eigenvalue weighted by Gasteiger charge is -1.95. The average Bonchev–Trinajstić information content (AvgIpc) is 2.48. The van der Waals surface area contributed by atoms with Crippen LogP contribution >= 0.6 is 0 Å². The molecule has 0 unspecified atom stereocenters. The van der Waals surface area contributed by atoms with Crippen LogP contribution in [0, 0.1) is 0 Å². The summed E-state index contributed by atoms with van der Waals surface area (Å²) in [6, 6.07) is 1.82. The van der Waals surface area contributed by atoms with Crippen molar-refractivity contribution in [3.63, 3.8) is 0 Å². The molecule has 1 rings (SSSR count). The van der Waals surface area contributed by atoms with Crippen molar-refractivity contribution in [1.29, 1.82) is 0 Å². The van der Waals surface area contributed by atoms with E-state index in [4.69, 9.17) is 4.74 Å². The summed E-state index contributed by atoms with van der Waals surface area (Å²) in [6.45, 7) is 2.17. The smallest absolute Gasteiger partial charge is 0.330 e. The first-order chi connectivity index (χ1) is 6.24. The Morgan fingerprint density at radius 1 is 1.77 bits per heavy atom. The number of aromatic nitrogens is 2. The molecule has 0 amide bonds. The Morgan fingerprint density at radius 2 is 2.54 bits per heavy atom. The van der Waals surface area contributed by atoms with Gasteiger partial charge in [0.15, 0.2) is 0 Å². The molecule has 0 radical (unpaired) electrons. The number of ether oxygens (including phenoxy) is 1. The third-order valence-electron chi connectivity index (χ3n) is 1.54. The normalized spacial score (nSPS) is 10.6. The van der Waals surface area contributed by atoms with Crippen LogP contribution in [0.3, 0.4) is 0 Å². The summed E-state index contributed by atoms with van der Waals surface area (Å²) in [7, 11) is 1.81. The molecule has 0 aliphatic heterocycles. The lowest BCUT2D eigenvalue weighted by Crippen LogP contribution is -1.99. The number of carbonyl (C=O) groups is 1. The molecule has 4 heteroatoms. The summed E-state index contributed by atoms with van der Waals surface area (Å²) in [5, 5.41) is 3.95. The second kappa shape index (κ2) is 4.45. The van der Waals surface area contributed by atoms with Gasteiger partial charge >= 0.3 is 5.97 Å². The molecule has 70 valence electrons. The molecule has 1 heterocycles. The summed E-state index contributed by atoms with van der Waals surface area (Å²) in [5.74, 6) is -0.330. The molecular weight excluding hydrogens is 168 g/mol. The highest BCUT2D eigenvalue weighted by Gasteiger charge is 1.95. The molecule has 1 aromatic rings. The van der Waals surface area contributed by atoms with E-state index in [0.717, 1.165) is 5.69 Å². The van der Waals surface area contributed by atoms with E-state index in [2.05, 4.69) is 5.10 Å². The maximum absolute atomic E-state index is 10.9. The Balaban J connectivity index is 2.58. The fourth-order valence-electron chi connectivity index (χ4n) is 0.891. The van der Waals surface area contributed by atoms with E-state index in [-0.39, 0.29) is 5.97 Å². The van der Waals surface area contributed by atoms with Crippen LogP contribution in [0.2, 0.25) is 0 Å². The number of rotatable bonds is 3. The molecule has 13 heavy (non-hydrogen) atoms. The summed E-state index contributed by atoms with van der Waals surface area (Å²) in [6.07, 6.45) is 4.73. The van der Waals surface area contributed by atoms with Crippen molar-refractivity contribution in [2.75, 3.05) is 6.61 Å². The fraction of sp³-hybridized carbons (Fsp3) is 0.333. The zero-order valence-corrected chi connectivity index (χ0v) is 7.73. The van der Waals surface area contributed by atoms with Crippen molar-refractivity contribution in [2.45, 2.75) is 6.92 Å².